The predicted molar refractivity (Wildman–Crippen MR) is 204 cm³/mol. The zero-order valence-electron chi connectivity index (χ0n) is 30.2. The number of amides is 2. The highest BCUT2D eigenvalue weighted by atomic mass is 19.2. The lowest BCUT2D eigenvalue weighted by Crippen LogP contribution is -2.43. The lowest BCUT2D eigenvalue weighted by Gasteiger charge is -2.29. The second kappa shape index (κ2) is 15.9. The van der Waals surface area contributed by atoms with Crippen LogP contribution in [-0.2, 0) is 32.0 Å². The Kier molecular flexibility index (Phi) is 10.5. The summed E-state index contributed by atoms with van der Waals surface area (Å²) in [5, 5.41) is 10.7. The maximum absolute atomic E-state index is 13.5. The summed E-state index contributed by atoms with van der Waals surface area (Å²) in [5.74, 6) is 1.49. The smallest absolute Gasteiger partial charge is 0.260 e. The van der Waals surface area contributed by atoms with Gasteiger partial charge in [0, 0.05) is 34.4 Å². The number of hydrogen-bond acceptors (Lipinski definition) is 8. The number of allylic oxidation sites excluding steroid dienone is 2. The van der Waals surface area contributed by atoms with Crippen molar-refractivity contribution in [3.8, 4) is 23.9 Å². The number of nitrogens with zero attached hydrogens (tertiary/aromatic N) is 6. The maximum Gasteiger partial charge on any atom is 0.260 e. The number of ketones is 2. The number of rotatable bonds is 4. The van der Waals surface area contributed by atoms with Gasteiger partial charge in [-0.3, -0.25) is 19.2 Å². The summed E-state index contributed by atoms with van der Waals surface area (Å²) in [7, 11) is 0. The van der Waals surface area contributed by atoms with Crippen molar-refractivity contribution in [1.82, 2.24) is 19.8 Å². The molecule has 2 atom stereocenters. The molecule has 0 fully saturated rings. The van der Waals surface area contributed by atoms with Gasteiger partial charge in [-0.2, -0.15) is 20.2 Å². The maximum atomic E-state index is 13.5. The Balaban J connectivity index is 0.000000172. The van der Waals surface area contributed by atoms with E-state index in [2.05, 4.69) is 34.1 Å². The van der Waals surface area contributed by atoms with Crippen LogP contribution in [0.5, 0.6) is 0 Å². The predicted octanol–water partition coefficient (Wildman–Crippen LogP) is 5.79. The minimum absolute atomic E-state index is 0.0405. The van der Waals surface area contributed by atoms with E-state index in [0.717, 1.165) is 33.8 Å². The molecule has 56 heavy (non-hydrogen) atoms. The summed E-state index contributed by atoms with van der Waals surface area (Å²) < 4.78 is 26.6. The van der Waals surface area contributed by atoms with E-state index in [9.17, 15) is 28.0 Å². The number of carbonyl (C=O) groups excluding carboxylic acids is 4. The zero-order valence-corrected chi connectivity index (χ0v) is 30.2. The van der Waals surface area contributed by atoms with Crippen LogP contribution in [0.15, 0.2) is 142 Å². The molecule has 8 rings (SSSR count). The van der Waals surface area contributed by atoms with E-state index in [1.54, 1.807) is 13.8 Å². The highest BCUT2D eigenvalue weighted by molar-refractivity contribution is 6.14. The van der Waals surface area contributed by atoms with Crippen LogP contribution in [0, 0.1) is 47.4 Å². The van der Waals surface area contributed by atoms with Crippen LogP contribution in [0.2, 0.25) is 0 Å². The first kappa shape index (κ1) is 36.9. The first-order valence-electron chi connectivity index (χ1n) is 17.6. The van der Waals surface area contributed by atoms with Crippen LogP contribution in [0.3, 0.4) is 0 Å². The largest absolute Gasteiger partial charge is 0.294 e. The number of Topliss-reactive ketones (excluding diaryl/α,β-unsaturated/α-hetero) is 2. The average molecular weight is 747 g/mol. The molecule has 4 aromatic carbocycles. The molecular weight excluding hydrogens is 715 g/mol. The van der Waals surface area contributed by atoms with Gasteiger partial charge in [0.1, 0.15) is 24.5 Å². The van der Waals surface area contributed by atoms with E-state index in [4.69, 9.17) is 0 Å². The normalized spacial score (nSPS) is 18.3. The van der Waals surface area contributed by atoms with Gasteiger partial charge in [0.25, 0.3) is 11.8 Å². The molecule has 4 heterocycles. The van der Waals surface area contributed by atoms with Gasteiger partial charge in [0.05, 0.1) is 0 Å². The van der Waals surface area contributed by atoms with E-state index in [0.29, 0.717) is 34.8 Å². The van der Waals surface area contributed by atoms with Crippen molar-refractivity contribution in [3.05, 3.63) is 166 Å². The van der Waals surface area contributed by atoms with Gasteiger partial charge in [-0.1, -0.05) is 72.8 Å². The fourth-order valence-electron chi connectivity index (χ4n) is 6.46. The summed E-state index contributed by atoms with van der Waals surface area (Å²) in [6.45, 7) is 3.32. The summed E-state index contributed by atoms with van der Waals surface area (Å²) in [6.07, 6.45) is 3.18. The Morgan fingerprint density at radius 1 is 0.554 bits per heavy atom. The molecule has 4 aliphatic rings. The van der Waals surface area contributed by atoms with Crippen molar-refractivity contribution in [3.63, 3.8) is 0 Å². The van der Waals surface area contributed by atoms with Crippen LogP contribution in [-0.4, -0.2) is 55.9 Å². The molecular formula is C44H32F2N6O4. The fraction of sp³-hybridized carbons (Fsp3) is 0.136. The summed E-state index contributed by atoms with van der Waals surface area (Å²) >= 11 is 0. The third-order valence-corrected chi connectivity index (χ3v) is 9.37. The quantitative estimate of drug-likeness (QED) is 0.194. The Labute approximate surface area is 321 Å². The number of benzene rings is 4. The van der Waals surface area contributed by atoms with E-state index in [1.165, 1.54) is 33.6 Å². The second-order valence-electron chi connectivity index (χ2n) is 13.1. The average Bonchev–Trinajstić information content (AvgIpc) is 3.86. The third kappa shape index (κ3) is 7.49. The monoisotopic (exact) mass is 746 g/mol. The molecule has 0 aromatic heterocycles. The molecule has 0 saturated heterocycles. The molecule has 0 radical (unpaired) electrons. The number of fused-ring (bicyclic) bond motifs is 2. The second-order valence-corrected chi connectivity index (χ2v) is 13.1. The topological polar surface area (TPSA) is 106 Å². The van der Waals surface area contributed by atoms with E-state index >= 15 is 0 Å². The van der Waals surface area contributed by atoms with Gasteiger partial charge < -0.3 is 0 Å². The van der Waals surface area contributed by atoms with Crippen LogP contribution in [0.1, 0.15) is 36.1 Å². The van der Waals surface area contributed by atoms with Crippen molar-refractivity contribution in [1.29, 1.82) is 0 Å². The molecule has 4 aromatic rings. The van der Waals surface area contributed by atoms with Crippen molar-refractivity contribution in [2.24, 2.45) is 22.0 Å². The molecule has 12 heteroatoms. The van der Waals surface area contributed by atoms with Gasteiger partial charge in [-0.15, -0.1) is 0 Å². The van der Waals surface area contributed by atoms with E-state index in [1.807, 2.05) is 91.0 Å². The number of carbonyl (C=O) groups is 4. The molecule has 0 aliphatic carbocycles. The third-order valence-electron chi connectivity index (χ3n) is 9.37. The Morgan fingerprint density at radius 2 is 0.982 bits per heavy atom. The van der Waals surface area contributed by atoms with Crippen LogP contribution < -0.4 is 0 Å². The van der Waals surface area contributed by atoms with Crippen LogP contribution in [0.25, 0.3) is 0 Å². The summed E-state index contributed by atoms with van der Waals surface area (Å²) in [4.78, 5) is 54.4. The summed E-state index contributed by atoms with van der Waals surface area (Å²) in [6, 6.07) is 37.5. The molecule has 276 valence electrons. The van der Waals surface area contributed by atoms with Gasteiger partial charge >= 0.3 is 0 Å². The van der Waals surface area contributed by atoms with Gasteiger partial charge in [0.2, 0.25) is 0 Å². The molecule has 0 spiro atoms. The highest BCUT2D eigenvalue weighted by Crippen LogP contribution is 2.33. The Morgan fingerprint density at radius 3 is 1.43 bits per heavy atom. The van der Waals surface area contributed by atoms with Crippen molar-refractivity contribution < 1.29 is 28.0 Å². The molecule has 10 nitrogen and oxygen atoms in total. The van der Waals surface area contributed by atoms with Gasteiger partial charge in [-0.05, 0) is 86.1 Å². The Bertz CT molecular complexity index is 2500. The first-order valence-corrected chi connectivity index (χ1v) is 17.6. The SMILES string of the molecule is CC1=C2N(C#Cc3ccccc3)C=NN2C(=O)C(Cc2ccc(F)c(F)c2)C1=O.CC1=C2N(C#Cc3ccccc3)C=NN2C(=O)C(Cc2ccccc2)C1=O. The zero-order chi connectivity index (χ0) is 39.3. The molecule has 0 N–H and O–H groups in total. The van der Waals surface area contributed by atoms with Gasteiger partial charge in [-0.25, -0.2) is 18.6 Å². The minimum atomic E-state index is -1.05. The Hall–Kier alpha value is -7.44. The molecule has 4 aliphatic heterocycles. The highest BCUT2D eigenvalue weighted by Gasteiger charge is 2.45. The van der Waals surface area contributed by atoms with Crippen molar-refractivity contribution in [2.45, 2.75) is 26.7 Å². The van der Waals surface area contributed by atoms with Crippen LogP contribution >= 0.6 is 0 Å². The molecule has 2 amide bonds. The van der Waals surface area contributed by atoms with Crippen LogP contribution in [0.4, 0.5) is 8.78 Å². The molecule has 2 unspecified atom stereocenters. The number of hydrazone groups is 2. The number of halogens is 2. The number of hydrogen-bond donors (Lipinski definition) is 0. The van der Waals surface area contributed by atoms with Crippen molar-refractivity contribution in [2.75, 3.05) is 0 Å². The van der Waals surface area contributed by atoms with E-state index < -0.39 is 29.4 Å². The fourth-order valence-corrected chi connectivity index (χ4v) is 6.46. The van der Waals surface area contributed by atoms with Crippen molar-refractivity contribution >= 4 is 36.1 Å². The molecule has 0 bridgehead atoms. The van der Waals surface area contributed by atoms with E-state index in [-0.39, 0.29) is 23.9 Å². The summed E-state index contributed by atoms with van der Waals surface area (Å²) in [5.41, 5.74) is 3.76. The van der Waals surface area contributed by atoms with Gasteiger partial charge in [0.15, 0.2) is 34.8 Å². The lowest BCUT2D eigenvalue weighted by atomic mass is 9.88. The standard InChI is InChI=1S/C22H15F2N3O2.C22H17N3O2/c1-14-20(28)17(11-16-7-8-18(23)19(24)12-16)22(29)27-21(14)26(13-25-27)10-9-15-5-3-2-4-6-15;1-16-20(26)19(14-18-10-6-3-7-11-18)22(27)25-21(16)24(15-23-25)13-12-17-8-4-2-5-9-17/h2-8,12-13,17H,11H2,1H3;2-11,15,19H,14H2,1H3. The minimum Gasteiger partial charge on any atom is -0.294 e. The first-order chi connectivity index (χ1) is 27.1. The molecule has 0 saturated carbocycles. The lowest BCUT2D eigenvalue weighted by molar-refractivity contribution is -0.142.